The Balaban J connectivity index is 1.20. The van der Waals surface area contributed by atoms with E-state index in [9.17, 15) is 14.4 Å². The Labute approximate surface area is 171 Å². The van der Waals surface area contributed by atoms with Crippen molar-refractivity contribution >= 4 is 29.2 Å². The van der Waals surface area contributed by atoms with Crippen LogP contribution in [0.2, 0.25) is 0 Å². The maximum atomic E-state index is 12.6. The summed E-state index contributed by atoms with van der Waals surface area (Å²) in [6, 6.07) is 3.68. The normalized spacial score (nSPS) is 24.7. The van der Waals surface area contributed by atoms with E-state index in [0.717, 1.165) is 64.2 Å². The number of aromatic nitrogens is 1. The number of nitrogens with zero attached hydrogens (tertiary/aromatic N) is 1. The van der Waals surface area contributed by atoms with E-state index in [1.807, 2.05) is 0 Å². The van der Waals surface area contributed by atoms with Gasteiger partial charge in [0.2, 0.25) is 17.7 Å². The average molecular weight is 399 g/mol. The largest absolute Gasteiger partial charge is 0.353 e. The molecule has 3 fully saturated rings. The Morgan fingerprint density at radius 1 is 0.724 bits per heavy atom. The Morgan fingerprint density at radius 2 is 1.31 bits per heavy atom. The first kappa shape index (κ1) is 19.9. The fourth-order valence-electron chi connectivity index (χ4n) is 4.37. The van der Waals surface area contributed by atoms with E-state index in [1.165, 1.54) is 0 Å². The van der Waals surface area contributed by atoms with Crippen LogP contribution in [0.4, 0.5) is 11.5 Å². The van der Waals surface area contributed by atoms with Crippen molar-refractivity contribution in [3.63, 3.8) is 0 Å². The maximum Gasteiger partial charge on any atom is 0.228 e. The number of rotatable bonds is 6. The zero-order chi connectivity index (χ0) is 20.2. The molecule has 3 aliphatic carbocycles. The van der Waals surface area contributed by atoms with E-state index >= 15 is 0 Å². The first-order valence-electron chi connectivity index (χ1n) is 11.0. The van der Waals surface area contributed by atoms with Gasteiger partial charge in [-0.15, -0.1) is 0 Å². The first-order chi connectivity index (χ1) is 14.1. The van der Waals surface area contributed by atoms with Crippen LogP contribution < -0.4 is 16.0 Å². The van der Waals surface area contributed by atoms with Gasteiger partial charge in [-0.05, 0) is 63.5 Å². The Morgan fingerprint density at radius 3 is 1.90 bits per heavy atom. The molecule has 4 rings (SSSR count). The molecule has 3 amide bonds. The SMILES string of the molecule is O=C(Nc1ccc(NC(=O)C2CC2)nc1)C1CCC(NC(=O)C2CCCC2)CC1. The van der Waals surface area contributed by atoms with E-state index in [-0.39, 0.29) is 41.5 Å². The minimum Gasteiger partial charge on any atom is -0.353 e. The molecule has 7 heteroatoms. The third kappa shape index (κ3) is 5.34. The van der Waals surface area contributed by atoms with Crippen molar-refractivity contribution in [1.82, 2.24) is 10.3 Å². The Kier molecular flexibility index (Phi) is 6.11. The highest BCUT2D eigenvalue weighted by Crippen LogP contribution is 2.30. The minimum absolute atomic E-state index is 0.00198. The van der Waals surface area contributed by atoms with Gasteiger partial charge in [0, 0.05) is 23.8 Å². The third-order valence-corrected chi connectivity index (χ3v) is 6.40. The summed E-state index contributed by atoms with van der Waals surface area (Å²) in [5.41, 5.74) is 0.635. The van der Waals surface area contributed by atoms with Crippen molar-refractivity contribution in [2.75, 3.05) is 10.6 Å². The number of amides is 3. The summed E-state index contributed by atoms with van der Waals surface area (Å²) in [5.74, 6) is 1.03. The fraction of sp³-hybridized carbons (Fsp3) is 0.636. The van der Waals surface area contributed by atoms with Crippen LogP contribution in [0.5, 0.6) is 0 Å². The topological polar surface area (TPSA) is 100 Å². The van der Waals surface area contributed by atoms with Crippen molar-refractivity contribution in [3.8, 4) is 0 Å². The number of anilines is 2. The van der Waals surface area contributed by atoms with Gasteiger partial charge in [-0.2, -0.15) is 0 Å². The molecule has 0 bridgehead atoms. The van der Waals surface area contributed by atoms with E-state index < -0.39 is 0 Å². The predicted molar refractivity (Wildman–Crippen MR) is 110 cm³/mol. The summed E-state index contributed by atoms with van der Waals surface area (Å²) in [7, 11) is 0. The predicted octanol–water partition coefficient (Wildman–Crippen LogP) is 3.23. The van der Waals surface area contributed by atoms with Crippen LogP contribution in [-0.4, -0.2) is 28.7 Å². The van der Waals surface area contributed by atoms with Crippen molar-refractivity contribution in [3.05, 3.63) is 18.3 Å². The van der Waals surface area contributed by atoms with E-state index in [0.29, 0.717) is 11.5 Å². The summed E-state index contributed by atoms with van der Waals surface area (Å²) < 4.78 is 0. The monoisotopic (exact) mass is 398 g/mol. The van der Waals surface area contributed by atoms with Gasteiger partial charge < -0.3 is 16.0 Å². The lowest BCUT2D eigenvalue weighted by Crippen LogP contribution is -2.41. The number of pyridine rings is 1. The molecule has 0 spiro atoms. The highest BCUT2D eigenvalue weighted by atomic mass is 16.2. The molecule has 0 aromatic carbocycles. The van der Waals surface area contributed by atoms with E-state index in [2.05, 4.69) is 20.9 Å². The van der Waals surface area contributed by atoms with Crippen LogP contribution >= 0.6 is 0 Å². The zero-order valence-electron chi connectivity index (χ0n) is 16.8. The van der Waals surface area contributed by atoms with E-state index in [4.69, 9.17) is 0 Å². The van der Waals surface area contributed by atoms with Crippen molar-refractivity contribution < 1.29 is 14.4 Å². The van der Waals surface area contributed by atoms with Gasteiger partial charge in [-0.25, -0.2) is 4.98 Å². The van der Waals surface area contributed by atoms with Gasteiger partial charge in [0.15, 0.2) is 0 Å². The van der Waals surface area contributed by atoms with Crippen molar-refractivity contribution in [1.29, 1.82) is 0 Å². The summed E-state index contributed by atoms with van der Waals surface area (Å²) in [6.45, 7) is 0. The number of nitrogens with one attached hydrogen (secondary N) is 3. The molecule has 7 nitrogen and oxygen atoms in total. The lowest BCUT2D eigenvalue weighted by molar-refractivity contribution is -0.126. The second-order valence-electron chi connectivity index (χ2n) is 8.72. The first-order valence-corrected chi connectivity index (χ1v) is 11.0. The molecule has 1 heterocycles. The molecule has 1 aromatic heterocycles. The van der Waals surface area contributed by atoms with Gasteiger partial charge >= 0.3 is 0 Å². The van der Waals surface area contributed by atoms with Gasteiger partial charge in [-0.1, -0.05) is 12.8 Å². The number of hydrogen-bond donors (Lipinski definition) is 3. The number of carbonyl (C=O) groups excluding carboxylic acids is 3. The number of carbonyl (C=O) groups is 3. The second kappa shape index (κ2) is 8.93. The molecule has 3 N–H and O–H groups in total. The van der Waals surface area contributed by atoms with Gasteiger partial charge in [0.1, 0.15) is 5.82 Å². The highest BCUT2D eigenvalue weighted by Gasteiger charge is 2.31. The molecule has 3 saturated carbocycles. The second-order valence-corrected chi connectivity index (χ2v) is 8.72. The summed E-state index contributed by atoms with van der Waals surface area (Å²) in [5, 5.41) is 8.91. The molecule has 0 atom stereocenters. The van der Waals surface area contributed by atoms with Crippen LogP contribution in [-0.2, 0) is 14.4 Å². The van der Waals surface area contributed by atoms with Crippen molar-refractivity contribution in [2.24, 2.45) is 17.8 Å². The van der Waals surface area contributed by atoms with Crippen LogP contribution in [0.3, 0.4) is 0 Å². The van der Waals surface area contributed by atoms with Crippen molar-refractivity contribution in [2.45, 2.75) is 70.3 Å². The smallest absolute Gasteiger partial charge is 0.228 e. The van der Waals surface area contributed by atoms with Gasteiger partial charge in [-0.3, -0.25) is 14.4 Å². The minimum atomic E-state index is -0.0381. The lowest BCUT2D eigenvalue weighted by Gasteiger charge is -2.29. The van der Waals surface area contributed by atoms with Crippen LogP contribution in [0.15, 0.2) is 18.3 Å². The molecule has 3 aliphatic rings. The molecule has 0 saturated heterocycles. The standard InChI is InChI=1S/C22H30N4O3/c27-20(14-3-1-2-4-14)24-17-9-7-16(8-10-17)21(28)25-18-11-12-19(23-13-18)26-22(29)15-5-6-15/h11-17H,1-10H2,(H,24,27)(H,25,28)(H,23,26,29). The Bertz CT molecular complexity index is 746. The van der Waals surface area contributed by atoms with Crippen LogP contribution in [0.1, 0.15) is 64.2 Å². The molecular weight excluding hydrogens is 368 g/mol. The molecule has 0 aliphatic heterocycles. The number of hydrogen-bond acceptors (Lipinski definition) is 4. The molecule has 29 heavy (non-hydrogen) atoms. The lowest BCUT2D eigenvalue weighted by atomic mass is 9.85. The average Bonchev–Trinajstić information content (AvgIpc) is 3.44. The summed E-state index contributed by atoms with van der Waals surface area (Å²) >= 11 is 0. The highest BCUT2D eigenvalue weighted by molar-refractivity contribution is 5.94. The fourth-order valence-corrected chi connectivity index (χ4v) is 4.37. The zero-order valence-corrected chi connectivity index (χ0v) is 16.8. The molecule has 156 valence electrons. The molecule has 0 unspecified atom stereocenters. The third-order valence-electron chi connectivity index (χ3n) is 6.40. The Hall–Kier alpha value is -2.44. The summed E-state index contributed by atoms with van der Waals surface area (Å²) in [6.07, 6.45) is 11.1. The van der Waals surface area contributed by atoms with Gasteiger partial charge in [0.25, 0.3) is 0 Å². The quantitative estimate of drug-likeness (QED) is 0.685. The maximum absolute atomic E-state index is 12.6. The summed E-state index contributed by atoms with van der Waals surface area (Å²) in [4.78, 5) is 40.8. The van der Waals surface area contributed by atoms with Crippen LogP contribution in [0, 0.1) is 17.8 Å². The van der Waals surface area contributed by atoms with Crippen LogP contribution in [0.25, 0.3) is 0 Å². The van der Waals surface area contributed by atoms with Gasteiger partial charge in [0.05, 0.1) is 11.9 Å². The molecule has 0 radical (unpaired) electrons. The molecular formula is C22H30N4O3. The van der Waals surface area contributed by atoms with E-state index in [1.54, 1.807) is 18.3 Å². The molecule has 1 aromatic rings.